The number of thiazole rings is 1. The van der Waals surface area contributed by atoms with Gasteiger partial charge in [-0.25, -0.2) is 4.98 Å². The van der Waals surface area contributed by atoms with Crippen molar-refractivity contribution in [3.05, 3.63) is 133 Å². The number of aromatic nitrogens is 4. The molecular weight excluding hydrogens is 996 g/mol. The number of carbonyl (C=O) groups is 4. The number of aryl methyl sites for hydroxylation is 3. The van der Waals surface area contributed by atoms with Crippen LogP contribution in [0.3, 0.4) is 0 Å². The average Bonchev–Trinajstić information content (AvgIpc) is 4.23. The lowest BCUT2D eigenvalue weighted by atomic mass is 9.85. The molecule has 74 heavy (non-hydrogen) atoms. The van der Waals surface area contributed by atoms with Gasteiger partial charge in [-0.3, -0.25) is 28.7 Å². The summed E-state index contributed by atoms with van der Waals surface area (Å²) < 4.78 is 8.16. The molecule has 0 saturated carbocycles. The van der Waals surface area contributed by atoms with Crippen molar-refractivity contribution < 1.29 is 29.0 Å². The van der Waals surface area contributed by atoms with Gasteiger partial charge < -0.3 is 35.6 Å². The van der Waals surface area contributed by atoms with E-state index in [1.54, 1.807) is 22.7 Å². The Kier molecular flexibility index (Phi) is 15.5. The Morgan fingerprint density at radius 1 is 0.905 bits per heavy atom. The molecule has 3 aromatic carbocycles. The van der Waals surface area contributed by atoms with Gasteiger partial charge in [0.25, 0.3) is 0 Å². The van der Waals surface area contributed by atoms with E-state index < -0.39 is 41.5 Å². The molecule has 2 unspecified atom stereocenters. The Labute approximate surface area is 444 Å². The van der Waals surface area contributed by atoms with E-state index in [1.165, 1.54) is 9.78 Å². The number of hydrogen-bond acceptors (Lipinski definition) is 13. The number of nitrogens with one attached hydrogen (secondary N) is 3. The highest BCUT2D eigenvalue weighted by atomic mass is 35.5. The molecule has 3 aliphatic heterocycles. The first kappa shape index (κ1) is 52.5. The zero-order valence-electron chi connectivity index (χ0n) is 42.9. The molecule has 3 aromatic heterocycles. The van der Waals surface area contributed by atoms with E-state index in [0.717, 1.165) is 72.7 Å². The highest BCUT2D eigenvalue weighted by Crippen LogP contribution is 2.40. The quantitative estimate of drug-likeness (QED) is 0.0785. The van der Waals surface area contributed by atoms with E-state index in [9.17, 15) is 24.3 Å². The first-order chi connectivity index (χ1) is 35.3. The summed E-state index contributed by atoms with van der Waals surface area (Å²) in [4.78, 5) is 70.5. The molecule has 0 bridgehead atoms. The van der Waals surface area contributed by atoms with Crippen LogP contribution in [0.25, 0.3) is 15.4 Å². The molecule has 4 amide bonds. The number of aliphatic imine (C=N–C) groups is 1. The first-order valence-corrected chi connectivity index (χ1v) is 27.1. The third-order valence-corrected chi connectivity index (χ3v) is 16.6. The Hall–Kier alpha value is -6.31. The molecule has 6 heterocycles. The smallest absolute Gasteiger partial charge is 0.246 e. The number of aliphatic hydroxyl groups is 1. The SMILES string of the molecule is Cc1ncsc1-c1ccc(CNC(=O)[C@@H]2C[C@@H](O)CN2C(=O)C(NC(=O)COC2CCN(c3ccc([C@@H](C)NC(=O)C[C@@H]4N=C(c5ccc(Cl)cc5)c5c(sc(C)c5C)-n5c(C)nnc54)cc3)C2)C(C)(C)C)cc1. The molecule has 2 fully saturated rings. The van der Waals surface area contributed by atoms with Crippen molar-refractivity contribution in [1.82, 2.24) is 40.6 Å². The molecule has 19 heteroatoms. The highest BCUT2D eigenvalue weighted by molar-refractivity contribution is 7.15. The largest absolute Gasteiger partial charge is 0.391 e. The summed E-state index contributed by atoms with van der Waals surface area (Å²) in [5.74, 6) is -0.0707. The standard InChI is InChI=1S/C55H63ClN10O6S2/c1-30-33(4)74-54-47(30)48(37-13-17-39(56)18-14-37)60-43(51-63-62-34(5)66(51)54)24-45(68)59-31(2)36-15-19-40(20-16-36)64-22-21-42(27-64)72-28-46(69)61-50(55(6,7)8)53(71)65-26-41(67)23-44(65)52(70)57-25-35-9-11-38(12-10-35)49-32(3)58-29-73-49/h9-20,29,31,41-44,50,67H,21-28H2,1-8H3,(H,57,70)(H,59,68)(H,61,69)/t31-,41-,42?,43+,44+,50?/m1/s1. The maximum Gasteiger partial charge on any atom is 0.246 e. The summed E-state index contributed by atoms with van der Waals surface area (Å²) in [6, 6.07) is 20.8. The molecule has 6 aromatic rings. The molecule has 9 rings (SSSR count). The van der Waals surface area contributed by atoms with Crippen molar-refractivity contribution in [2.75, 3.05) is 31.1 Å². The lowest BCUT2D eigenvalue weighted by Gasteiger charge is -2.35. The minimum atomic E-state index is -0.972. The predicted octanol–water partition coefficient (Wildman–Crippen LogP) is 7.90. The van der Waals surface area contributed by atoms with Gasteiger partial charge in [-0.1, -0.05) is 80.9 Å². The van der Waals surface area contributed by atoms with Crippen LogP contribution < -0.4 is 20.9 Å². The summed E-state index contributed by atoms with van der Waals surface area (Å²) in [6.07, 6.45) is -0.240. The number of ether oxygens (including phenoxy) is 1. The lowest BCUT2D eigenvalue weighted by Crippen LogP contribution is -2.58. The van der Waals surface area contributed by atoms with Crippen LogP contribution in [0.4, 0.5) is 5.69 Å². The summed E-state index contributed by atoms with van der Waals surface area (Å²) in [6.45, 7) is 16.9. The van der Waals surface area contributed by atoms with E-state index in [0.29, 0.717) is 23.8 Å². The van der Waals surface area contributed by atoms with Crippen LogP contribution in [0.2, 0.25) is 5.02 Å². The fourth-order valence-corrected chi connectivity index (χ4v) is 12.1. The van der Waals surface area contributed by atoms with Crippen LogP contribution in [0.15, 0.2) is 83.3 Å². The van der Waals surface area contributed by atoms with Gasteiger partial charge in [0.1, 0.15) is 35.6 Å². The molecule has 6 atom stereocenters. The fraction of sp³-hybridized carbons (Fsp3) is 0.418. The number of aliphatic hydroxyl groups excluding tert-OH is 1. The van der Waals surface area contributed by atoms with Crippen molar-refractivity contribution in [3.8, 4) is 15.4 Å². The van der Waals surface area contributed by atoms with Crippen LogP contribution in [-0.4, -0.2) is 110 Å². The average molecular weight is 1060 g/mol. The van der Waals surface area contributed by atoms with E-state index in [1.807, 2.05) is 124 Å². The summed E-state index contributed by atoms with van der Waals surface area (Å²) >= 11 is 9.53. The topological polar surface area (TPSA) is 196 Å². The fourth-order valence-electron chi connectivity index (χ4n) is 9.94. The number of nitrogens with zero attached hydrogens (tertiary/aromatic N) is 7. The third kappa shape index (κ3) is 11.3. The molecule has 388 valence electrons. The van der Waals surface area contributed by atoms with Crippen LogP contribution in [-0.2, 0) is 30.5 Å². The normalized spacial score (nSPS) is 19.3. The van der Waals surface area contributed by atoms with Gasteiger partial charge in [0.2, 0.25) is 23.6 Å². The number of benzene rings is 3. The number of amides is 4. The van der Waals surface area contributed by atoms with Crippen molar-refractivity contribution in [3.63, 3.8) is 0 Å². The molecule has 0 spiro atoms. The van der Waals surface area contributed by atoms with Crippen LogP contribution in [0, 0.1) is 33.1 Å². The molecule has 4 N–H and O–H groups in total. The second kappa shape index (κ2) is 21.9. The number of anilines is 1. The maximum atomic E-state index is 14.2. The molecule has 0 radical (unpaired) electrons. The molecule has 16 nitrogen and oxygen atoms in total. The molecular formula is C55H63ClN10O6S2. The van der Waals surface area contributed by atoms with Crippen molar-refractivity contribution in [2.45, 2.75) is 118 Å². The van der Waals surface area contributed by atoms with Gasteiger partial charge in [0.05, 0.1) is 46.5 Å². The monoisotopic (exact) mass is 1060 g/mol. The van der Waals surface area contributed by atoms with Gasteiger partial charge >= 0.3 is 0 Å². The minimum absolute atomic E-state index is 0.0175. The van der Waals surface area contributed by atoms with Crippen molar-refractivity contribution >= 4 is 69.3 Å². The molecule has 3 aliphatic rings. The minimum Gasteiger partial charge on any atom is -0.391 e. The van der Waals surface area contributed by atoms with E-state index in [4.69, 9.17) is 21.3 Å². The Bertz CT molecular complexity index is 3070. The number of hydrogen-bond donors (Lipinski definition) is 4. The first-order valence-electron chi connectivity index (χ1n) is 25.0. The number of halogens is 1. The van der Waals surface area contributed by atoms with Gasteiger partial charge in [0, 0.05) is 59.3 Å². The molecule has 0 aliphatic carbocycles. The van der Waals surface area contributed by atoms with E-state index >= 15 is 0 Å². The van der Waals surface area contributed by atoms with E-state index in [2.05, 4.69) is 49.9 Å². The molecule has 2 saturated heterocycles. The van der Waals surface area contributed by atoms with Crippen LogP contribution >= 0.6 is 34.3 Å². The number of fused-ring (bicyclic) bond motifs is 3. The van der Waals surface area contributed by atoms with Gasteiger partial charge in [-0.05, 0) is 93.0 Å². The number of carbonyl (C=O) groups excluding carboxylic acids is 4. The Balaban J connectivity index is 0.767. The highest BCUT2D eigenvalue weighted by Gasteiger charge is 2.45. The Morgan fingerprint density at radius 2 is 1.62 bits per heavy atom. The second-order valence-electron chi connectivity index (χ2n) is 20.6. The van der Waals surface area contributed by atoms with Gasteiger partial charge in [-0.15, -0.1) is 32.9 Å². The van der Waals surface area contributed by atoms with Gasteiger partial charge in [-0.2, -0.15) is 0 Å². The lowest BCUT2D eigenvalue weighted by molar-refractivity contribution is -0.144. The second-order valence-corrected chi connectivity index (χ2v) is 23.1. The Morgan fingerprint density at radius 3 is 2.31 bits per heavy atom. The summed E-state index contributed by atoms with van der Waals surface area (Å²) in [5, 5.41) is 30.3. The maximum absolute atomic E-state index is 14.2. The zero-order valence-corrected chi connectivity index (χ0v) is 45.3. The number of β-amino-alcohol motifs (C(OH)–C–C–N with tert-alkyl or cyclic N) is 1. The van der Waals surface area contributed by atoms with Crippen molar-refractivity contribution in [2.24, 2.45) is 10.4 Å². The third-order valence-electron chi connectivity index (χ3n) is 14.2. The number of thiophene rings is 1. The van der Waals surface area contributed by atoms with Gasteiger partial charge in [0.15, 0.2) is 5.82 Å². The van der Waals surface area contributed by atoms with Crippen LogP contribution in [0.1, 0.15) is 109 Å². The van der Waals surface area contributed by atoms with E-state index in [-0.39, 0.29) is 56.5 Å². The summed E-state index contributed by atoms with van der Waals surface area (Å²) in [7, 11) is 0. The number of rotatable bonds is 15. The number of likely N-dealkylation sites (tertiary alicyclic amines) is 1. The zero-order chi connectivity index (χ0) is 52.6. The summed E-state index contributed by atoms with van der Waals surface area (Å²) in [5.41, 5.74) is 9.76. The van der Waals surface area contributed by atoms with Crippen molar-refractivity contribution in [1.29, 1.82) is 0 Å². The van der Waals surface area contributed by atoms with Crippen LogP contribution in [0.5, 0.6) is 0 Å². The predicted molar refractivity (Wildman–Crippen MR) is 289 cm³/mol.